The van der Waals surface area contributed by atoms with Crippen LogP contribution in [0.2, 0.25) is 0 Å². The minimum Gasteiger partial charge on any atom is -0.319 e. The van der Waals surface area contributed by atoms with Gasteiger partial charge in [-0.1, -0.05) is 42.9 Å². The monoisotopic (exact) mass is 279 g/mol. The standard InChI is InChI=1S/C16H25NOS/c1-3-15(18)16(17,12-13-19-2)11-10-14-8-6-4-5-7-9-14/h4-8H,3,9-13,17H2,1-2H3. The molecule has 1 unspecified atom stereocenters. The van der Waals surface area contributed by atoms with Crippen LogP contribution in [0.5, 0.6) is 0 Å². The highest BCUT2D eigenvalue weighted by Crippen LogP contribution is 2.24. The van der Waals surface area contributed by atoms with Gasteiger partial charge in [0.05, 0.1) is 5.54 Å². The number of carbonyl (C=O) groups excluding carboxylic acids is 1. The summed E-state index contributed by atoms with van der Waals surface area (Å²) in [5, 5.41) is 0. The van der Waals surface area contributed by atoms with Gasteiger partial charge in [0.1, 0.15) is 0 Å². The molecule has 19 heavy (non-hydrogen) atoms. The highest BCUT2D eigenvalue weighted by Gasteiger charge is 2.31. The van der Waals surface area contributed by atoms with Crippen molar-refractivity contribution < 1.29 is 4.79 Å². The predicted octanol–water partition coefficient (Wildman–Crippen LogP) is 3.64. The zero-order valence-corrected chi connectivity index (χ0v) is 12.8. The quantitative estimate of drug-likeness (QED) is 0.737. The summed E-state index contributed by atoms with van der Waals surface area (Å²) < 4.78 is 0. The van der Waals surface area contributed by atoms with Crippen molar-refractivity contribution in [3.8, 4) is 0 Å². The van der Waals surface area contributed by atoms with E-state index in [4.69, 9.17) is 5.73 Å². The van der Waals surface area contributed by atoms with Gasteiger partial charge in [0.25, 0.3) is 0 Å². The van der Waals surface area contributed by atoms with Gasteiger partial charge in [-0.3, -0.25) is 4.79 Å². The molecule has 3 heteroatoms. The van der Waals surface area contributed by atoms with Gasteiger partial charge in [0, 0.05) is 6.42 Å². The molecule has 2 nitrogen and oxygen atoms in total. The van der Waals surface area contributed by atoms with E-state index in [-0.39, 0.29) is 5.78 Å². The van der Waals surface area contributed by atoms with Crippen LogP contribution in [0.3, 0.4) is 0 Å². The average Bonchev–Trinajstić information content (AvgIpc) is 2.70. The lowest BCUT2D eigenvalue weighted by atomic mass is 9.84. The molecule has 0 saturated carbocycles. The Hall–Kier alpha value is -0.800. The van der Waals surface area contributed by atoms with E-state index in [0.717, 1.165) is 31.4 Å². The van der Waals surface area contributed by atoms with Gasteiger partial charge in [0.15, 0.2) is 5.78 Å². The molecule has 106 valence electrons. The minimum absolute atomic E-state index is 0.196. The van der Waals surface area contributed by atoms with Crippen molar-refractivity contribution in [1.82, 2.24) is 0 Å². The summed E-state index contributed by atoms with van der Waals surface area (Å²) in [7, 11) is 0. The van der Waals surface area contributed by atoms with E-state index in [1.807, 2.05) is 13.0 Å². The topological polar surface area (TPSA) is 43.1 Å². The van der Waals surface area contributed by atoms with Crippen LogP contribution in [-0.4, -0.2) is 23.3 Å². The largest absolute Gasteiger partial charge is 0.319 e. The van der Waals surface area contributed by atoms with Crippen molar-refractivity contribution in [2.45, 2.75) is 44.6 Å². The van der Waals surface area contributed by atoms with Gasteiger partial charge in [-0.25, -0.2) is 0 Å². The third-order valence-electron chi connectivity index (χ3n) is 3.59. The fourth-order valence-corrected chi connectivity index (χ4v) is 2.80. The second-order valence-corrected chi connectivity index (χ2v) is 6.00. The molecule has 0 spiro atoms. The zero-order valence-electron chi connectivity index (χ0n) is 12.0. The van der Waals surface area contributed by atoms with Gasteiger partial charge in [-0.05, 0) is 37.7 Å². The Morgan fingerprint density at radius 2 is 2.16 bits per heavy atom. The molecule has 0 aromatic rings. The predicted molar refractivity (Wildman–Crippen MR) is 85.4 cm³/mol. The molecule has 0 bridgehead atoms. The summed E-state index contributed by atoms with van der Waals surface area (Å²) in [6, 6.07) is 0. The van der Waals surface area contributed by atoms with E-state index in [9.17, 15) is 4.79 Å². The Morgan fingerprint density at radius 1 is 1.37 bits per heavy atom. The van der Waals surface area contributed by atoms with Gasteiger partial charge in [0.2, 0.25) is 0 Å². The number of ketones is 1. The van der Waals surface area contributed by atoms with Crippen LogP contribution < -0.4 is 5.73 Å². The Morgan fingerprint density at radius 3 is 2.84 bits per heavy atom. The molecule has 1 atom stereocenters. The molecule has 2 N–H and O–H groups in total. The maximum Gasteiger partial charge on any atom is 0.152 e. The maximum atomic E-state index is 12.1. The third kappa shape index (κ3) is 5.37. The van der Waals surface area contributed by atoms with E-state index in [1.54, 1.807) is 11.8 Å². The van der Waals surface area contributed by atoms with Crippen molar-refractivity contribution in [2.75, 3.05) is 12.0 Å². The average molecular weight is 279 g/mol. The molecule has 0 aromatic carbocycles. The molecule has 0 heterocycles. The van der Waals surface area contributed by atoms with E-state index in [0.29, 0.717) is 6.42 Å². The van der Waals surface area contributed by atoms with Crippen LogP contribution in [-0.2, 0) is 4.79 Å². The molecule has 0 fully saturated rings. The highest BCUT2D eigenvalue weighted by molar-refractivity contribution is 7.98. The van der Waals surface area contributed by atoms with Crippen molar-refractivity contribution in [2.24, 2.45) is 5.73 Å². The molecule has 1 aliphatic carbocycles. The summed E-state index contributed by atoms with van der Waals surface area (Å²) in [4.78, 5) is 12.1. The first-order valence-corrected chi connectivity index (χ1v) is 8.34. The number of hydrogen-bond donors (Lipinski definition) is 1. The van der Waals surface area contributed by atoms with Crippen molar-refractivity contribution in [3.63, 3.8) is 0 Å². The lowest BCUT2D eigenvalue weighted by Crippen LogP contribution is -2.48. The van der Waals surface area contributed by atoms with Crippen LogP contribution in [0, 0.1) is 0 Å². The van der Waals surface area contributed by atoms with Gasteiger partial charge >= 0.3 is 0 Å². The van der Waals surface area contributed by atoms with E-state index < -0.39 is 5.54 Å². The summed E-state index contributed by atoms with van der Waals surface area (Å²) in [5.74, 6) is 1.14. The first-order chi connectivity index (χ1) is 9.12. The summed E-state index contributed by atoms with van der Waals surface area (Å²) in [6.07, 6.45) is 16.4. The second-order valence-electron chi connectivity index (χ2n) is 5.02. The van der Waals surface area contributed by atoms with Crippen molar-refractivity contribution in [3.05, 3.63) is 36.0 Å². The molecule has 0 saturated heterocycles. The van der Waals surface area contributed by atoms with E-state index in [2.05, 4.69) is 30.6 Å². The lowest BCUT2D eigenvalue weighted by Gasteiger charge is -2.28. The van der Waals surface area contributed by atoms with E-state index >= 15 is 0 Å². The van der Waals surface area contributed by atoms with Crippen LogP contribution in [0.25, 0.3) is 0 Å². The second kappa shape index (κ2) is 8.39. The summed E-state index contributed by atoms with van der Waals surface area (Å²) >= 11 is 1.75. The molecule has 0 aliphatic heterocycles. The number of Topliss-reactive ketones (excluding diaryl/α,β-unsaturated/α-hetero) is 1. The third-order valence-corrected chi connectivity index (χ3v) is 4.20. The Kier molecular flexibility index (Phi) is 7.17. The smallest absolute Gasteiger partial charge is 0.152 e. The van der Waals surface area contributed by atoms with Crippen molar-refractivity contribution >= 4 is 17.5 Å². The van der Waals surface area contributed by atoms with Gasteiger partial charge in [-0.15, -0.1) is 0 Å². The minimum atomic E-state index is -0.641. The maximum absolute atomic E-state index is 12.1. The SMILES string of the molecule is CCC(=O)C(N)(CCSC)CCC1=CC=CC=CC1. The molecule has 1 aliphatic rings. The number of thioether (sulfide) groups is 1. The number of nitrogens with two attached hydrogens (primary N) is 1. The molecule has 0 amide bonds. The molecule has 0 radical (unpaired) electrons. The number of rotatable bonds is 8. The number of allylic oxidation sites excluding steroid dienone is 6. The molecular formula is C16H25NOS. The van der Waals surface area contributed by atoms with E-state index in [1.165, 1.54) is 5.57 Å². The first-order valence-electron chi connectivity index (χ1n) is 6.94. The Labute approximate surface area is 121 Å². The zero-order chi connectivity index (χ0) is 14.1. The fraction of sp³-hybridized carbons (Fsp3) is 0.562. The Bertz CT molecular complexity index is 384. The summed E-state index contributed by atoms with van der Waals surface area (Å²) in [6.45, 7) is 1.90. The molecule has 0 aromatic heterocycles. The van der Waals surface area contributed by atoms with Crippen molar-refractivity contribution in [1.29, 1.82) is 0 Å². The van der Waals surface area contributed by atoms with Crippen LogP contribution in [0.15, 0.2) is 36.0 Å². The highest BCUT2D eigenvalue weighted by atomic mass is 32.2. The van der Waals surface area contributed by atoms with Gasteiger partial charge < -0.3 is 5.73 Å². The van der Waals surface area contributed by atoms with Crippen LogP contribution >= 0.6 is 11.8 Å². The van der Waals surface area contributed by atoms with Crippen LogP contribution in [0.4, 0.5) is 0 Å². The fourth-order valence-electron chi connectivity index (χ4n) is 2.23. The summed E-state index contributed by atoms with van der Waals surface area (Å²) in [5.41, 5.74) is 7.08. The molecule has 1 rings (SSSR count). The molecular weight excluding hydrogens is 254 g/mol. The lowest BCUT2D eigenvalue weighted by molar-refractivity contribution is -0.124. The number of carbonyl (C=O) groups is 1. The first kappa shape index (κ1) is 16.3. The Balaban J connectivity index is 2.62. The van der Waals surface area contributed by atoms with Crippen LogP contribution in [0.1, 0.15) is 39.0 Å². The number of hydrogen-bond acceptors (Lipinski definition) is 3. The normalized spacial score (nSPS) is 17.7. The van der Waals surface area contributed by atoms with Gasteiger partial charge in [-0.2, -0.15) is 11.8 Å².